The van der Waals surface area contributed by atoms with Crippen molar-refractivity contribution in [3.8, 4) is 0 Å². The second-order valence-corrected chi connectivity index (χ2v) is 8.82. The highest BCUT2D eigenvalue weighted by atomic mass is 32.2. The summed E-state index contributed by atoms with van der Waals surface area (Å²) in [6.07, 6.45) is 0. The van der Waals surface area contributed by atoms with Crippen LogP contribution in [0.1, 0.15) is 18.4 Å². The predicted molar refractivity (Wildman–Crippen MR) is 103 cm³/mol. The number of nitrogens with zero attached hydrogens (tertiary/aromatic N) is 2. The molecule has 1 amide bonds. The Kier molecular flexibility index (Phi) is 5.64. The van der Waals surface area contributed by atoms with Gasteiger partial charge in [0, 0.05) is 26.4 Å². The molecule has 0 aliphatic carbocycles. The van der Waals surface area contributed by atoms with E-state index in [1.807, 2.05) is 30.3 Å². The molecule has 0 aromatic heterocycles. The van der Waals surface area contributed by atoms with Gasteiger partial charge in [0.25, 0.3) is 0 Å². The predicted octanol–water partition coefficient (Wildman–Crippen LogP) is 1.68. The van der Waals surface area contributed by atoms with Crippen molar-refractivity contribution >= 4 is 15.9 Å². The van der Waals surface area contributed by atoms with Gasteiger partial charge in [-0.3, -0.25) is 4.79 Å². The summed E-state index contributed by atoms with van der Waals surface area (Å²) in [4.78, 5) is 13.9. The lowest BCUT2D eigenvalue weighted by Crippen LogP contribution is -2.68. The molecule has 0 bridgehead atoms. The zero-order chi connectivity index (χ0) is 19.6. The fourth-order valence-corrected chi connectivity index (χ4v) is 5.08. The number of likely N-dealkylation sites (tertiary alicyclic amines) is 1. The quantitative estimate of drug-likeness (QED) is 0.817. The first-order valence-corrected chi connectivity index (χ1v) is 10.3. The first-order valence-electron chi connectivity index (χ1n) is 8.84. The molecule has 1 aliphatic heterocycles. The third-order valence-corrected chi connectivity index (χ3v) is 7.01. The van der Waals surface area contributed by atoms with E-state index in [-0.39, 0.29) is 42.0 Å². The number of aliphatic hydroxyl groups excluding tert-OH is 1. The van der Waals surface area contributed by atoms with Gasteiger partial charge in [-0.25, -0.2) is 8.42 Å². The SMILES string of the molecule is CC(=O)N1[C@H](CO)[C@H](c2ccccc2)[C@H]1CN(C)S(=O)(=O)c1ccccc1. The van der Waals surface area contributed by atoms with Crippen LogP contribution in [0.2, 0.25) is 0 Å². The number of hydrogen-bond donors (Lipinski definition) is 1. The van der Waals surface area contributed by atoms with Crippen LogP contribution in [0.5, 0.6) is 0 Å². The fraction of sp³-hybridized carbons (Fsp3) is 0.350. The molecule has 1 saturated heterocycles. The van der Waals surface area contributed by atoms with Crippen LogP contribution in [0.15, 0.2) is 65.6 Å². The van der Waals surface area contributed by atoms with Crippen LogP contribution in [0.3, 0.4) is 0 Å². The Labute approximate surface area is 160 Å². The smallest absolute Gasteiger partial charge is 0.242 e. The normalized spacial score (nSPS) is 22.5. The number of carbonyl (C=O) groups is 1. The highest BCUT2D eigenvalue weighted by molar-refractivity contribution is 7.89. The van der Waals surface area contributed by atoms with Crippen LogP contribution in [0, 0.1) is 0 Å². The first-order chi connectivity index (χ1) is 12.9. The molecule has 1 N–H and O–H groups in total. The number of benzene rings is 2. The van der Waals surface area contributed by atoms with Crippen LogP contribution in [-0.2, 0) is 14.8 Å². The Morgan fingerprint density at radius 3 is 2.11 bits per heavy atom. The van der Waals surface area contributed by atoms with Gasteiger partial charge in [0.05, 0.1) is 23.6 Å². The van der Waals surface area contributed by atoms with E-state index in [2.05, 4.69) is 0 Å². The van der Waals surface area contributed by atoms with E-state index in [9.17, 15) is 18.3 Å². The maximum atomic E-state index is 12.9. The largest absolute Gasteiger partial charge is 0.394 e. The molecule has 1 fully saturated rings. The lowest BCUT2D eigenvalue weighted by Gasteiger charge is -2.55. The van der Waals surface area contributed by atoms with Crippen LogP contribution >= 0.6 is 0 Å². The van der Waals surface area contributed by atoms with Gasteiger partial charge in [0.2, 0.25) is 15.9 Å². The van der Waals surface area contributed by atoms with E-state index in [1.54, 1.807) is 35.2 Å². The number of rotatable bonds is 6. The maximum absolute atomic E-state index is 12.9. The number of carbonyl (C=O) groups excluding carboxylic acids is 1. The third-order valence-electron chi connectivity index (χ3n) is 5.17. The van der Waals surface area contributed by atoms with Crippen molar-refractivity contribution in [2.45, 2.75) is 29.8 Å². The van der Waals surface area contributed by atoms with Gasteiger partial charge in [0.1, 0.15) is 0 Å². The van der Waals surface area contributed by atoms with Crippen molar-refractivity contribution in [1.29, 1.82) is 0 Å². The van der Waals surface area contributed by atoms with Gasteiger partial charge in [0.15, 0.2) is 0 Å². The average Bonchev–Trinajstić information content (AvgIpc) is 2.65. The van der Waals surface area contributed by atoms with E-state index in [0.29, 0.717) is 0 Å². The Bertz CT molecular complexity index is 887. The van der Waals surface area contributed by atoms with Gasteiger partial charge in [-0.15, -0.1) is 0 Å². The van der Waals surface area contributed by atoms with E-state index < -0.39 is 10.0 Å². The van der Waals surface area contributed by atoms with Crippen molar-refractivity contribution < 1.29 is 18.3 Å². The zero-order valence-corrected chi connectivity index (χ0v) is 16.2. The molecular weight excluding hydrogens is 364 g/mol. The third kappa shape index (κ3) is 3.63. The summed E-state index contributed by atoms with van der Waals surface area (Å²) in [6, 6.07) is 17.2. The lowest BCUT2D eigenvalue weighted by atomic mass is 9.75. The van der Waals surface area contributed by atoms with Gasteiger partial charge in [-0.1, -0.05) is 48.5 Å². The highest BCUT2D eigenvalue weighted by Crippen LogP contribution is 2.41. The monoisotopic (exact) mass is 388 g/mol. The zero-order valence-electron chi connectivity index (χ0n) is 15.4. The summed E-state index contributed by atoms with van der Waals surface area (Å²) >= 11 is 0. The maximum Gasteiger partial charge on any atom is 0.242 e. The van der Waals surface area contributed by atoms with E-state index >= 15 is 0 Å². The number of aliphatic hydroxyl groups is 1. The molecule has 1 aliphatic rings. The molecular formula is C20H24N2O4S. The van der Waals surface area contributed by atoms with E-state index in [4.69, 9.17) is 0 Å². The van der Waals surface area contributed by atoms with Crippen molar-refractivity contribution in [2.24, 2.45) is 0 Å². The van der Waals surface area contributed by atoms with Crippen LogP contribution in [0.4, 0.5) is 0 Å². The summed E-state index contributed by atoms with van der Waals surface area (Å²) in [5.41, 5.74) is 0.990. The summed E-state index contributed by atoms with van der Waals surface area (Å²) in [5, 5.41) is 9.80. The Morgan fingerprint density at radius 1 is 1.04 bits per heavy atom. The number of sulfonamides is 1. The lowest BCUT2D eigenvalue weighted by molar-refractivity contribution is -0.148. The van der Waals surface area contributed by atoms with Gasteiger partial charge >= 0.3 is 0 Å². The summed E-state index contributed by atoms with van der Waals surface area (Å²) in [5.74, 6) is -0.287. The van der Waals surface area contributed by atoms with E-state index in [1.165, 1.54) is 18.3 Å². The Hall–Kier alpha value is -2.22. The van der Waals surface area contributed by atoms with Crippen LogP contribution < -0.4 is 0 Å². The second kappa shape index (κ2) is 7.80. The van der Waals surface area contributed by atoms with Gasteiger partial charge < -0.3 is 10.0 Å². The van der Waals surface area contributed by atoms with Crippen LogP contribution in [0.25, 0.3) is 0 Å². The standard InChI is InChI=1S/C20H24N2O4S/c1-15(24)22-18(20(19(22)14-23)16-9-5-3-6-10-16)13-21(2)27(25,26)17-11-7-4-8-12-17/h3-12,18-20,23H,13-14H2,1-2H3/t18-,19-,20-/m1/s1. The van der Waals surface area contributed by atoms with Crippen molar-refractivity contribution in [2.75, 3.05) is 20.2 Å². The summed E-state index contributed by atoms with van der Waals surface area (Å²) in [6.45, 7) is 1.44. The molecule has 0 radical (unpaired) electrons. The highest BCUT2D eigenvalue weighted by Gasteiger charge is 2.51. The molecule has 1 heterocycles. The van der Waals surface area contributed by atoms with Crippen LogP contribution in [-0.4, -0.2) is 60.9 Å². The molecule has 0 unspecified atom stereocenters. The molecule has 0 saturated carbocycles. The van der Waals surface area contributed by atoms with Crippen molar-refractivity contribution in [1.82, 2.24) is 9.21 Å². The first kappa shape index (κ1) is 19.5. The van der Waals surface area contributed by atoms with E-state index in [0.717, 1.165) is 5.56 Å². The molecule has 2 aromatic carbocycles. The molecule has 2 aromatic rings. The van der Waals surface area contributed by atoms with Gasteiger partial charge in [-0.2, -0.15) is 4.31 Å². The molecule has 6 nitrogen and oxygen atoms in total. The number of likely N-dealkylation sites (N-methyl/N-ethyl adjacent to an activating group) is 1. The topological polar surface area (TPSA) is 77.9 Å². The van der Waals surface area contributed by atoms with Gasteiger partial charge in [-0.05, 0) is 17.7 Å². The fourth-order valence-electron chi connectivity index (χ4n) is 3.87. The average molecular weight is 388 g/mol. The molecule has 7 heteroatoms. The Balaban J connectivity index is 1.89. The minimum Gasteiger partial charge on any atom is -0.394 e. The van der Waals surface area contributed by atoms with Crippen molar-refractivity contribution in [3.05, 3.63) is 66.2 Å². The summed E-state index contributed by atoms with van der Waals surface area (Å²) in [7, 11) is -2.13. The summed E-state index contributed by atoms with van der Waals surface area (Å²) < 4.78 is 27.0. The number of amides is 1. The minimum atomic E-state index is -3.66. The molecule has 3 rings (SSSR count). The minimum absolute atomic E-state index is 0.117. The molecule has 27 heavy (non-hydrogen) atoms. The van der Waals surface area contributed by atoms with Crippen molar-refractivity contribution in [3.63, 3.8) is 0 Å². The second-order valence-electron chi connectivity index (χ2n) is 6.78. The molecule has 144 valence electrons. The number of hydrogen-bond acceptors (Lipinski definition) is 4. The molecule has 0 spiro atoms. The Morgan fingerprint density at radius 2 is 1.59 bits per heavy atom. The molecule has 3 atom stereocenters.